The minimum Gasteiger partial charge on any atom is -0.480 e. The van der Waals surface area contributed by atoms with E-state index >= 15 is 0 Å². The molecule has 8 heteroatoms. The molecule has 0 radical (unpaired) electrons. The quantitative estimate of drug-likeness (QED) is 0.825. The molecule has 0 unspecified atom stereocenters. The van der Waals surface area contributed by atoms with Crippen molar-refractivity contribution in [3.05, 3.63) is 29.3 Å². The topological polar surface area (TPSA) is 95.0 Å². The van der Waals surface area contributed by atoms with E-state index in [2.05, 4.69) is 0 Å². The second-order valence-electron chi connectivity index (χ2n) is 6.06. The molecule has 1 N–H and O–H groups in total. The number of carbonyl (C=O) groups is 2. The summed E-state index contributed by atoms with van der Waals surface area (Å²) in [6.45, 7) is 6.23. The maximum atomic E-state index is 12.8. The highest BCUT2D eigenvalue weighted by molar-refractivity contribution is 7.89. The van der Waals surface area contributed by atoms with Gasteiger partial charge in [-0.1, -0.05) is 19.9 Å². The molecule has 1 atom stereocenters. The summed E-state index contributed by atoms with van der Waals surface area (Å²) in [5.74, 6) is -1.48. The van der Waals surface area contributed by atoms with E-state index in [9.17, 15) is 23.1 Å². The molecule has 1 aliphatic rings. The molecule has 1 fully saturated rings. The van der Waals surface area contributed by atoms with Gasteiger partial charge in [0.2, 0.25) is 10.0 Å². The van der Waals surface area contributed by atoms with Crippen molar-refractivity contribution in [1.82, 2.24) is 9.21 Å². The van der Waals surface area contributed by atoms with E-state index in [1.165, 1.54) is 15.3 Å². The number of sulfonamides is 1. The Bertz CT molecular complexity index is 771. The molecule has 1 aromatic carbocycles. The maximum Gasteiger partial charge on any atom is 0.326 e. The molecule has 1 heterocycles. The smallest absolute Gasteiger partial charge is 0.326 e. The summed E-state index contributed by atoms with van der Waals surface area (Å²) in [5, 5.41) is 9.25. The second-order valence-corrected chi connectivity index (χ2v) is 7.97. The van der Waals surface area contributed by atoms with Crippen molar-refractivity contribution >= 4 is 21.9 Å². The Morgan fingerprint density at radius 3 is 2.48 bits per heavy atom. The summed E-state index contributed by atoms with van der Waals surface area (Å²) in [6, 6.07) is 3.66. The fourth-order valence-corrected chi connectivity index (χ4v) is 4.85. The van der Waals surface area contributed by atoms with Crippen LogP contribution in [0.4, 0.5) is 0 Å². The van der Waals surface area contributed by atoms with Crippen LogP contribution in [0.3, 0.4) is 0 Å². The van der Waals surface area contributed by atoms with Crippen LogP contribution in [0.2, 0.25) is 0 Å². The lowest BCUT2D eigenvalue weighted by atomic mass is 10.1. The molecule has 0 bridgehead atoms. The summed E-state index contributed by atoms with van der Waals surface area (Å²) in [6.07, 6.45) is 1.04. The van der Waals surface area contributed by atoms with Crippen LogP contribution in [-0.2, 0) is 14.8 Å². The second kappa shape index (κ2) is 7.53. The van der Waals surface area contributed by atoms with Gasteiger partial charge < -0.3 is 10.0 Å². The van der Waals surface area contributed by atoms with Crippen molar-refractivity contribution in [2.75, 3.05) is 19.6 Å². The zero-order valence-electron chi connectivity index (χ0n) is 14.7. The molecule has 25 heavy (non-hydrogen) atoms. The van der Waals surface area contributed by atoms with E-state index in [1.54, 1.807) is 32.9 Å². The molecule has 0 saturated carbocycles. The minimum absolute atomic E-state index is 0.0909. The van der Waals surface area contributed by atoms with Crippen molar-refractivity contribution in [3.63, 3.8) is 0 Å². The molecule has 1 aromatic rings. The highest BCUT2D eigenvalue weighted by Gasteiger charge is 2.35. The monoisotopic (exact) mass is 368 g/mol. The number of hydrogen-bond donors (Lipinski definition) is 1. The van der Waals surface area contributed by atoms with E-state index in [4.69, 9.17) is 0 Å². The van der Waals surface area contributed by atoms with Crippen LogP contribution in [0.1, 0.15) is 42.6 Å². The van der Waals surface area contributed by atoms with Crippen LogP contribution < -0.4 is 0 Å². The number of carbonyl (C=O) groups excluding carboxylic acids is 1. The molecule has 0 aromatic heterocycles. The first-order valence-corrected chi connectivity index (χ1v) is 9.82. The Hall–Kier alpha value is -1.93. The van der Waals surface area contributed by atoms with Crippen molar-refractivity contribution < 1.29 is 23.1 Å². The van der Waals surface area contributed by atoms with Crippen LogP contribution in [0, 0.1) is 6.92 Å². The maximum absolute atomic E-state index is 12.8. The van der Waals surface area contributed by atoms with E-state index < -0.39 is 27.9 Å². The van der Waals surface area contributed by atoms with Gasteiger partial charge in [0.1, 0.15) is 6.04 Å². The number of nitrogens with zero attached hydrogens (tertiary/aromatic N) is 2. The fraction of sp³-hybridized carbons (Fsp3) is 0.529. The highest BCUT2D eigenvalue weighted by atomic mass is 32.2. The van der Waals surface area contributed by atoms with Gasteiger partial charge in [-0.15, -0.1) is 0 Å². The summed E-state index contributed by atoms with van der Waals surface area (Å²) in [5.41, 5.74) is 0.754. The number of aryl methyl sites for hydroxylation is 1. The summed E-state index contributed by atoms with van der Waals surface area (Å²) in [4.78, 5) is 25.4. The number of benzene rings is 1. The Morgan fingerprint density at radius 1 is 1.28 bits per heavy atom. The van der Waals surface area contributed by atoms with E-state index in [1.807, 2.05) is 0 Å². The van der Waals surface area contributed by atoms with Crippen molar-refractivity contribution in [2.45, 2.75) is 44.6 Å². The van der Waals surface area contributed by atoms with Crippen molar-refractivity contribution in [2.24, 2.45) is 0 Å². The number of carboxylic acids is 1. The largest absolute Gasteiger partial charge is 0.480 e. The van der Waals surface area contributed by atoms with Crippen LogP contribution in [0.25, 0.3) is 0 Å². The van der Waals surface area contributed by atoms with Crippen molar-refractivity contribution in [3.8, 4) is 0 Å². The van der Waals surface area contributed by atoms with E-state index in [-0.39, 0.29) is 10.5 Å². The molecule has 7 nitrogen and oxygen atoms in total. The Morgan fingerprint density at radius 2 is 1.92 bits per heavy atom. The van der Waals surface area contributed by atoms with Gasteiger partial charge in [0, 0.05) is 25.2 Å². The zero-order chi connectivity index (χ0) is 18.8. The Kier molecular flexibility index (Phi) is 5.84. The van der Waals surface area contributed by atoms with Crippen molar-refractivity contribution in [1.29, 1.82) is 0 Å². The molecular weight excluding hydrogens is 344 g/mol. The Labute approximate surface area is 148 Å². The number of likely N-dealkylation sites (tertiary alicyclic amines) is 1. The Balaban J connectivity index is 2.42. The molecule has 0 spiro atoms. The lowest BCUT2D eigenvalue weighted by molar-refractivity contribution is -0.141. The van der Waals surface area contributed by atoms with E-state index in [0.717, 1.165) is 0 Å². The van der Waals surface area contributed by atoms with Gasteiger partial charge in [-0.25, -0.2) is 13.2 Å². The minimum atomic E-state index is -3.69. The first-order valence-electron chi connectivity index (χ1n) is 8.38. The van der Waals surface area contributed by atoms with Gasteiger partial charge >= 0.3 is 5.97 Å². The number of aliphatic carboxylic acids is 1. The standard InChI is InChI=1S/C17H24N2O5S/c1-4-18(5-2)25(23,24)15-11-13(9-8-12(15)3)16(20)19-10-6-7-14(19)17(21)22/h8-9,11,14H,4-7,10H2,1-3H3,(H,21,22)/t14-/m1/s1. The number of hydrogen-bond acceptors (Lipinski definition) is 4. The number of carboxylic acid groups (broad SMARTS) is 1. The summed E-state index contributed by atoms with van der Waals surface area (Å²) >= 11 is 0. The summed E-state index contributed by atoms with van der Waals surface area (Å²) < 4.78 is 26.9. The van der Waals surface area contributed by atoms with Gasteiger partial charge in [0.25, 0.3) is 5.91 Å². The van der Waals surface area contributed by atoms with Crippen LogP contribution in [0.15, 0.2) is 23.1 Å². The molecule has 2 rings (SSSR count). The lowest BCUT2D eigenvalue weighted by Gasteiger charge is -2.23. The lowest BCUT2D eigenvalue weighted by Crippen LogP contribution is -2.40. The zero-order valence-corrected chi connectivity index (χ0v) is 15.5. The third-order valence-electron chi connectivity index (χ3n) is 4.56. The van der Waals surface area contributed by atoms with Gasteiger partial charge in [0.05, 0.1) is 4.90 Å². The summed E-state index contributed by atoms with van der Waals surface area (Å²) in [7, 11) is -3.69. The normalized spacial score (nSPS) is 17.9. The fourth-order valence-electron chi connectivity index (χ4n) is 3.15. The van der Waals surface area contributed by atoms with Gasteiger partial charge in [-0.3, -0.25) is 4.79 Å². The van der Waals surface area contributed by atoms with Crippen LogP contribution >= 0.6 is 0 Å². The van der Waals surface area contributed by atoms with Gasteiger partial charge in [-0.05, 0) is 37.5 Å². The molecule has 0 aliphatic carbocycles. The predicted molar refractivity (Wildman–Crippen MR) is 93.0 cm³/mol. The molecular formula is C17H24N2O5S. The SMILES string of the molecule is CCN(CC)S(=O)(=O)c1cc(C(=O)N2CCC[C@@H]2C(=O)O)ccc1C. The number of rotatable bonds is 6. The first-order chi connectivity index (χ1) is 11.7. The molecule has 138 valence electrons. The highest BCUT2D eigenvalue weighted by Crippen LogP contribution is 2.25. The van der Waals surface area contributed by atoms with Gasteiger partial charge in [-0.2, -0.15) is 4.31 Å². The first kappa shape index (κ1) is 19.4. The van der Waals surface area contributed by atoms with Crippen LogP contribution in [0.5, 0.6) is 0 Å². The van der Waals surface area contributed by atoms with E-state index in [0.29, 0.717) is 38.0 Å². The third kappa shape index (κ3) is 3.69. The van der Waals surface area contributed by atoms with Crippen LogP contribution in [-0.4, -0.2) is 60.3 Å². The average Bonchev–Trinajstić information content (AvgIpc) is 3.05. The number of amides is 1. The molecule has 1 amide bonds. The van der Waals surface area contributed by atoms with Gasteiger partial charge in [0.15, 0.2) is 0 Å². The average molecular weight is 368 g/mol. The molecule has 1 aliphatic heterocycles. The molecule has 1 saturated heterocycles. The third-order valence-corrected chi connectivity index (χ3v) is 6.75. The predicted octanol–water partition coefficient (Wildman–Crippen LogP) is 1.71.